The van der Waals surface area contributed by atoms with E-state index in [1.165, 1.54) is 4.88 Å². The maximum atomic E-state index is 5.36. The highest BCUT2D eigenvalue weighted by Crippen LogP contribution is 2.33. The molecular weight excluding hydrogens is 222 g/mol. The highest BCUT2D eigenvalue weighted by atomic mass is 32.1. The Morgan fingerprint density at radius 1 is 1.44 bits per heavy atom. The molecule has 0 aromatic carbocycles. The SMILES string of the molecule is CCNC(CCCOC)c1sccc1OC. The monoisotopic (exact) mass is 243 g/mol. The van der Waals surface area contributed by atoms with Gasteiger partial charge in [-0.05, 0) is 30.8 Å². The number of thiophene rings is 1. The number of methoxy groups -OCH3 is 2. The van der Waals surface area contributed by atoms with Gasteiger partial charge in [0.1, 0.15) is 5.75 Å². The van der Waals surface area contributed by atoms with Crippen molar-refractivity contribution >= 4 is 11.3 Å². The lowest BCUT2D eigenvalue weighted by molar-refractivity contribution is 0.189. The molecule has 0 saturated heterocycles. The zero-order valence-electron chi connectivity index (χ0n) is 10.3. The Kier molecular flexibility index (Phi) is 6.45. The molecule has 0 radical (unpaired) electrons. The first-order valence-corrected chi connectivity index (χ1v) is 6.55. The van der Waals surface area contributed by atoms with Crippen molar-refractivity contribution < 1.29 is 9.47 Å². The van der Waals surface area contributed by atoms with Crippen LogP contribution in [-0.2, 0) is 4.74 Å². The summed E-state index contributed by atoms with van der Waals surface area (Å²) in [6.07, 6.45) is 2.15. The predicted molar refractivity (Wildman–Crippen MR) is 68.4 cm³/mol. The average molecular weight is 243 g/mol. The largest absolute Gasteiger partial charge is 0.496 e. The summed E-state index contributed by atoms with van der Waals surface area (Å²) in [4.78, 5) is 1.29. The standard InChI is InChI=1S/C12H21NO2S/c1-4-13-10(6-5-8-14-2)12-11(15-3)7-9-16-12/h7,9-10,13H,4-6,8H2,1-3H3. The fourth-order valence-corrected chi connectivity index (χ4v) is 2.71. The highest BCUT2D eigenvalue weighted by Gasteiger charge is 2.16. The molecule has 0 saturated carbocycles. The molecule has 1 rings (SSSR count). The van der Waals surface area contributed by atoms with Gasteiger partial charge in [-0.1, -0.05) is 6.92 Å². The fraction of sp³-hybridized carbons (Fsp3) is 0.667. The van der Waals surface area contributed by atoms with E-state index < -0.39 is 0 Å². The van der Waals surface area contributed by atoms with Crippen LogP contribution in [-0.4, -0.2) is 27.4 Å². The second-order valence-electron chi connectivity index (χ2n) is 3.60. The minimum absolute atomic E-state index is 0.384. The first-order valence-electron chi connectivity index (χ1n) is 5.67. The van der Waals surface area contributed by atoms with Gasteiger partial charge >= 0.3 is 0 Å². The van der Waals surface area contributed by atoms with Gasteiger partial charge in [-0.3, -0.25) is 0 Å². The van der Waals surface area contributed by atoms with Crippen molar-refractivity contribution in [3.8, 4) is 5.75 Å². The molecular formula is C12H21NO2S. The van der Waals surface area contributed by atoms with E-state index in [0.717, 1.165) is 31.7 Å². The highest BCUT2D eigenvalue weighted by molar-refractivity contribution is 7.10. The van der Waals surface area contributed by atoms with Crippen molar-refractivity contribution in [2.45, 2.75) is 25.8 Å². The number of hydrogen-bond donors (Lipinski definition) is 1. The van der Waals surface area contributed by atoms with Crippen LogP contribution >= 0.6 is 11.3 Å². The lowest BCUT2D eigenvalue weighted by atomic mass is 10.1. The molecule has 1 N–H and O–H groups in total. The third-order valence-corrected chi connectivity index (χ3v) is 3.50. The molecule has 3 nitrogen and oxygen atoms in total. The molecule has 1 atom stereocenters. The molecule has 1 aromatic rings. The Morgan fingerprint density at radius 2 is 2.25 bits per heavy atom. The summed E-state index contributed by atoms with van der Waals surface area (Å²) >= 11 is 1.75. The van der Waals surface area contributed by atoms with E-state index >= 15 is 0 Å². The molecule has 0 bridgehead atoms. The Balaban J connectivity index is 2.61. The van der Waals surface area contributed by atoms with Gasteiger partial charge in [0, 0.05) is 19.8 Å². The molecule has 92 valence electrons. The van der Waals surface area contributed by atoms with Crippen molar-refractivity contribution in [3.63, 3.8) is 0 Å². The van der Waals surface area contributed by atoms with Crippen LogP contribution in [0.15, 0.2) is 11.4 Å². The number of nitrogens with one attached hydrogen (secondary N) is 1. The summed E-state index contributed by atoms with van der Waals surface area (Å²) < 4.78 is 10.4. The van der Waals surface area contributed by atoms with Crippen LogP contribution in [0.25, 0.3) is 0 Å². The molecule has 0 amide bonds. The van der Waals surface area contributed by atoms with Crippen LogP contribution in [0.4, 0.5) is 0 Å². The van der Waals surface area contributed by atoms with E-state index in [1.807, 2.05) is 6.07 Å². The molecule has 0 aliphatic carbocycles. The van der Waals surface area contributed by atoms with Crippen molar-refractivity contribution in [2.75, 3.05) is 27.4 Å². The van der Waals surface area contributed by atoms with Gasteiger partial charge in [0.2, 0.25) is 0 Å². The second kappa shape index (κ2) is 7.65. The topological polar surface area (TPSA) is 30.5 Å². The summed E-state index contributed by atoms with van der Waals surface area (Å²) in [7, 11) is 3.47. The average Bonchev–Trinajstić information content (AvgIpc) is 2.76. The summed E-state index contributed by atoms with van der Waals surface area (Å²) in [6, 6.07) is 2.41. The summed E-state index contributed by atoms with van der Waals surface area (Å²) in [5.41, 5.74) is 0. The number of ether oxygens (including phenoxy) is 2. The molecule has 1 heterocycles. The normalized spacial score (nSPS) is 12.7. The molecule has 16 heavy (non-hydrogen) atoms. The zero-order valence-corrected chi connectivity index (χ0v) is 11.1. The van der Waals surface area contributed by atoms with Crippen LogP contribution in [0.2, 0.25) is 0 Å². The van der Waals surface area contributed by atoms with Crippen molar-refractivity contribution in [3.05, 3.63) is 16.3 Å². The minimum atomic E-state index is 0.384. The van der Waals surface area contributed by atoms with Gasteiger partial charge in [-0.15, -0.1) is 11.3 Å². The van der Waals surface area contributed by atoms with Gasteiger partial charge in [0.15, 0.2) is 0 Å². The van der Waals surface area contributed by atoms with Gasteiger partial charge in [-0.2, -0.15) is 0 Å². The zero-order chi connectivity index (χ0) is 11.8. The maximum Gasteiger partial charge on any atom is 0.134 e. The molecule has 0 aliphatic heterocycles. The third kappa shape index (κ3) is 3.77. The first kappa shape index (κ1) is 13.5. The second-order valence-corrected chi connectivity index (χ2v) is 4.55. The molecule has 0 spiro atoms. The fourth-order valence-electron chi connectivity index (χ4n) is 1.74. The molecule has 0 fully saturated rings. The maximum absolute atomic E-state index is 5.36. The van der Waals surface area contributed by atoms with Gasteiger partial charge < -0.3 is 14.8 Å². The summed E-state index contributed by atoms with van der Waals surface area (Å²) in [5.74, 6) is 0.994. The summed E-state index contributed by atoms with van der Waals surface area (Å²) in [6.45, 7) is 3.91. The Bertz CT molecular complexity index is 288. The third-order valence-electron chi connectivity index (χ3n) is 2.49. The number of hydrogen-bond acceptors (Lipinski definition) is 4. The molecule has 4 heteroatoms. The van der Waals surface area contributed by atoms with E-state index in [-0.39, 0.29) is 0 Å². The van der Waals surface area contributed by atoms with Gasteiger partial charge in [0.05, 0.1) is 12.0 Å². The van der Waals surface area contributed by atoms with E-state index in [4.69, 9.17) is 9.47 Å². The van der Waals surface area contributed by atoms with E-state index in [0.29, 0.717) is 6.04 Å². The Labute approximate surface area is 102 Å². The van der Waals surface area contributed by atoms with Crippen molar-refractivity contribution in [1.29, 1.82) is 0 Å². The van der Waals surface area contributed by atoms with Crippen LogP contribution in [0.1, 0.15) is 30.7 Å². The molecule has 1 unspecified atom stereocenters. The minimum Gasteiger partial charge on any atom is -0.496 e. The first-order chi connectivity index (χ1) is 7.83. The van der Waals surface area contributed by atoms with Gasteiger partial charge in [0.25, 0.3) is 0 Å². The van der Waals surface area contributed by atoms with Gasteiger partial charge in [-0.25, -0.2) is 0 Å². The number of rotatable bonds is 8. The van der Waals surface area contributed by atoms with Crippen LogP contribution in [0.5, 0.6) is 5.75 Å². The van der Waals surface area contributed by atoms with Crippen LogP contribution in [0.3, 0.4) is 0 Å². The summed E-state index contributed by atoms with van der Waals surface area (Å²) in [5, 5.41) is 5.57. The van der Waals surface area contributed by atoms with E-state index in [9.17, 15) is 0 Å². The van der Waals surface area contributed by atoms with Crippen molar-refractivity contribution in [1.82, 2.24) is 5.32 Å². The molecule has 0 aliphatic rings. The smallest absolute Gasteiger partial charge is 0.134 e. The lowest BCUT2D eigenvalue weighted by Gasteiger charge is -2.17. The van der Waals surface area contributed by atoms with E-state index in [2.05, 4.69) is 17.6 Å². The van der Waals surface area contributed by atoms with Crippen molar-refractivity contribution in [2.24, 2.45) is 0 Å². The van der Waals surface area contributed by atoms with Crippen LogP contribution < -0.4 is 10.1 Å². The Hall–Kier alpha value is -0.580. The Morgan fingerprint density at radius 3 is 2.88 bits per heavy atom. The predicted octanol–water partition coefficient (Wildman–Crippen LogP) is 2.83. The molecule has 1 aromatic heterocycles. The van der Waals surface area contributed by atoms with E-state index in [1.54, 1.807) is 25.6 Å². The quantitative estimate of drug-likeness (QED) is 0.712. The lowest BCUT2D eigenvalue weighted by Crippen LogP contribution is -2.20. The van der Waals surface area contributed by atoms with Crippen LogP contribution in [0, 0.1) is 0 Å².